The zero-order valence-electron chi connectivity index (χ0n) is 17.1. The quantitative estimate of drug-likeness (QED) is 0.635. The second kappa shape index (κ2) is 9.21. The Labute approximate surface area is 174 Å². The standard InChI is InChI=1S/C20H27FN6O3/c1-3-8-23-20(6-9-26(10-7-20)19(29)30)18(28)25-14(2)15-4-5-17(22-11-15)27-13-16(21)12-24-27/h4-5,11-14,23H,3,6-10H2,1-2H3,(H,25,28)(H,29,30). The average molecular weight is 418 g/mol. The monoisotopic (exact) mass is 418 g/mol. The number of rotatable bonds is 7. The van der Waals surface area contributed by atoms with Crippen molar-refractivity contribution in [1.82, 2.24) is 30.3 Å². The largest absolute Gasteiger partial charge is 0.465 e. The van der Waals surface area contributed by atoms with Crippen LogP contribution in [-0.2, 0) is 4.79 Å². The molecule has 30 heavy (non-hydrogen) atoms. The molecular formula is C20H27FN6O3. The van der Waals surface area contributed by atoms with E-state index >= 15 is 0 Å². The predicted molar refractivity (Wildman–Crippen MR) is 108 cm³/mol. The Morgan fingerprint density at radius 3 is 2.57 bits per heavy atom. The first-order chi connectivity index (χ1) is 14.3. The van der Waals surface area contributed by atoms with Gasteiger partial charge in [-0.15, -0.1) is 0 Å². The molecule has 10 heteroatoms. The minimum Gasteiger partial charge on any atom is -0.465 e. The second-order valence-electron chi connectivity index (χ2n) is 7.53. The van der Waals surface area contributed by atoms with Gasteiger partial charge in [-0.2, -0.15) is 5.10 Å². The number of nitrogens with one attached hydrogen (secondary N) is 2. The number of amides is 2. The molecule has 162 valence electrons. The Balaban J connectivity index is 1.68. The molecule has 9 nitrogen and oxygen atoms in total. The van der Waals surface area contributed by atoms with Gasteiger partial charge in [0.2, 0.25) is 5.91 Å². The Hall–Kier alpha value is -3.01. The van der Waals surface area contributed by atoms with Crippen LogP contribution in [-0.4, -0.2) is 61.9 Å². The minimum atomic E-state index is -0.962. The first-order valence-corrected chi connectivity index (χ1v) is 10.0. The molecule has 1 fully saturated rings. The zero-order valence-corrected chi connectivity index (χ0v) is 17.1. The molecule has 0 bridgehead atoms. The summed E-state index contributed by atoms with van der Waals surface area (Å²) in [5, 5.41) is 19.4. The topological polar surface area (TPSA) is 112 Å². The summed E-state index contributed by atoms with van der Waals surface area (Å²) in [6.45, 7) is 5.18. The summed E-state index contributed by atoms with van der Waals surface area (Å²) in [6, 6.07) is 3.22. The van der Waals surface area contributed by atoms with Gasteiger partial charge in [-0.25, -0.2) is 18.9 Å². The molecule has 1 atom stereocenters. The number of hydrogen-bond donors (Lipinski definition) is 3. The number of carbonyl (C=O) groups excluding carboxylic acids is 1. The molecule has 0 radical (unpaired) electrons. The fourth-order valence-electron chi connectivity index (χ4n) is 3.56. The van der Waals surface area contributed by atoms with Crippen molar-refractivity contribution < 1.29 is 19.1 Å². The van der Waals surface area contributed by atoms with E-state index < -0.39 is 17.4 Å². The van der Waals surface area contributed by atoms with Crippen molar-refractivity contribution in [1.29, 1.82) is 0 Å². The van der Waals surface area contributed by atoms with Gasteiger partial charge >= 0.3 is 6.09 Å². The van der Waals surface area contributed by atoms with Crippen molar-refractivity contribution in [2.24, 2.45) is 0 Å². The summed E-state index contributed by atoms with van der Waals surface area (Å²) in [5.74, 6) is -0.115. The molecule has 0 aromatic carbocycles. The smallest absolute Gasteiger partial charge is 0.407 e. The van der Waals surface area contributed by atoms with Crippen LogP contribution in [0.25, 0.3) is 5.82 Å². The summed E-state index contributed by atoms with van der Waals surface area (Å²) in [6.07, 6.45) is 4.71. The Morgan fingerprint density at radius 2 is 2.03 bits per heavy atom. The summed E-state index contributed by atoms with van der Waals surface area (Å²) in [7, 11) is 0. The molecule has 1 saturated heterocycles. The lowest BCUT2D eigenvalue weighted by molar-refractivity contribution is -0.130. The van der Waals surface area contributed by atoms with E-state index in [2.05, 4.69) is 20.7 Å². The maximum absolute atomic E-state index is 13.2. The van der Waals surface area contributed by atoms with Crippen molar-refractivity contribution in [3.63, 3.8) is 0 Å². The second-order valence-corrected chi connectivity index (χ2v) is 7.53. The summed E-state index contributed by atoms with van der Waals surface area (Å²) in [4.78, 5) is 30.0. The number of piperidine rings is 1. The van der Waals surface area contributed by atoms with E-state index in [1.807, 2.05) is 19.9 Å². The average Bonchev–Trinajstić information content (AvgIpc) is 3.18. The highest BCUT2D eigenvalue weighted by atomic mass is 19.1. The van der Waals surface area contributed by atoms with Crippen molar-refractivity contribution >= 4 is 12.0 Å². The van der Waals surface area contributed by atoms with Crippen molar-refractivity contribution in [2.75, 3.05) is 19.6 Å². The number of likely N-dealkylation sites (tertiary alicyclic amines) is 1. The molecule has 0 saturated carbocycles. The number of halogens is 1. The molecule has 2 aromatic heterocycles. The van der Waals surface area contributed by atoms with Crippen LogP contribution in [0.1, 0.15) is 44.7 Å². The molecule has 0 aliphatic carbocycles. The molecule has 1 aliphatic rings. The molecule has 1 aliphatic heterocycles. The highest BCUT2D eigenvalue weighted by Gasteiger charge is 2.42. The molecule has 3 N–H and O–H groups in total. The van der Waals surface area contributed by atoms with Gasteiger partial charge in [0, 0.05) is 19.3 Å². The molecule has 1 unspecified atom stereocenters. The van der Waals surface area contributed by atoms with Crippen LogP contribution in [0.2, 0.25) is 0 Å². The van der Waals surface area contributed by atoms with Crippen LogP contribution < -0.4 is 10.6 Å². The van der Waals surface area contributed by atoms with Crippen LogP contribution >= 0.6 is 0 Å². The van der Waals surface area contributed by atoms with Gasteiger partial charge in [0.15, 0.2) is 11.6 Å². The van der Waals surface area contributed by atoms with Crippen molar-refractivity contribution in [3.05, 3.63) is 42.1 Å². The molecule has 2 aromatic rings. The normalized spacial score (nSPS) is 16.8. The third-order valence-electron chi connectivity index (χ3n) is 5.44. The van der Waals surface area contributed by atoms with E-state index in [0.717, 1.165) is 18.2 Å². The first kappa shape index (κ1) is 21.7. The van der Waals surface area contributed by atoms with Gasteiger partial charge in [0.1, 0.15) is 5.54 Å². The maximum Gasteiger partial charge on any atom is 0.407 e. The van der Waals surface area contributed by atoms with Crippen LogP contribution in [0, 0.1) is 5.82 Å². The van der Waals surface area contributed by atoms with Gasteiger partial charge in [0.25, 0.3) is 0 Å². The number of carboxylic acid groups (broad SMARTS) is 1. The SMILES string of the molecule is CCCNC1(C(=O)NC(C)c2ccc(-n3cc(F)cn3)nc2)CCN(C(=O)O)CC1. The zero-order chi connectivity index (χ0) is 21.7. The van der Waals surface area contributed by atoms with Crippen molar-refractivity contribution in [2.45, 2.75) is 44.7 Å². The predicted octanol–water partition coefficient (Wildman–Crippen LogP) is 2.10. The lowest BCUT2D eigenvalue weighted by Crippen LogP contribution is -2.62. The van der Waals surface area contributed by atoms with Crippen LogP contribution in [0.5, 0.6) is 0 Å². The fraction of sp³-hybridized carbons (Fsp3) is 0.500. The van der Waals surface area contributed by atoms with Gasteiger partial charge in [-0.3, -0.25) is 4.79 Å². The van der Waals surface area contributed by atoms with Gasteiger partial charge < -0.3 is 20.6 Å². The van der Waals surface area contributed by atoms with Gasteiger partial charge in [-0.1, -0.05) is 13.0 Å². The van der Waals surface area contributed by atoms with E-state index in [-0.39, 0.29) is 11.9 Å². The fourth-order valence-corrected chi connectivity index (χ4v) is 3.56. The summed E-state index contributed by atoms with van der Waals surface area (Å²) in [5.41, 5.74) is 0.00393. The van der Waals surface area contributed by atoms with Crippen LogP contribution in [0.15, 0.2) is 30.7 Å². The number of hydrogen-bond acceptors (Lipinski definition) is 5. The Bertz CT molecular complexity index is 877. The van der Waals surface area contributed by atoms with Gasteiger partial charge in [0.05, 0.1) is 18.4 Å². The molecule has 0 spiro atoms. The maximum atomic E-state index is 13.2. The number of pyridine rings is 1. The van der Waals surface area contributed by atoms with Gasteiger partial charge in [-0.05, 0) is 44.4 Å². The molecule has 3 heterocycles. The first-order valence-electron chi connectivity index (χ1n) is 10.0. The number of carbonyl (C=O) groups is 2. The summed E-state index contributed by atoms with van der Waals surface area (Å²) < 4.78 is 14.5. The van der Waals surface area contributed by atoms with Crippen LogP contribution in [0.3, 0.4) is 0 Å². The number of nitrogens with zero attached hydrogens (tertiary/aromatic N) is 4. The Kier molecular flexibility index (Phi) is 6.66. The highest BCUT2D eigenvalue weighted by molar-refractivity contribution is 5.87. The van der Waals surface area contributed by atoms with E-state index in [4.69, 9.17) is 0 Å². The van der Waals surface area contributed by atoms with E-state index in [1.165, 1.54) is 15.8 Å². The minimum absolute atomic E-state index is 0.147. The third kappa shape index (κ3) is 4.76. The number of aromatic nitrogens is 3. The van der Waals surface area contributed by atoms with Crippen LogP contribution in [0.4, 0.5) is 9.18 Å². The van der Waals surface area contributed by atoms with E-state index in [1.54, 1.807) is 12.3 Å². The molecular weight excluding hydrogens is 391 g/mol. The third-order valence-corrected chi connectivity index (χ3v) is 5.44. The highest BCUT2D eigenvalue weighted by Crippen LogP contribution is 2.25. The van der Waals surface area contributed by atoms with Crippen molar-refractivity contribution in [3.8, 4) is 5.82 Å². The molecule has 3 rings (SSSR count). The lowest BCUT2D eigenvalue weighted by atomic mass is 9.86. The van der Waals surface area contributed by atoms with E-state index in [0.29, 0.717) is 38.3 Å². The lowest BCUT2D eigenvalue weighted by Gasteiger charge is -2.41. The summed E-state index contributed by atoms with van der Waals surface area (Å²) >= 11 is 0. The Morgan fingerprint density at radius 1 is 1.30 bits per heavy atom. The van der Waals surface area contributed by atoms with E-state index in [9.17, 15) is 19.1 Å². The molecule has 2 amide bonds.